The molecule has 0 radical (unpaired) electrons. The number of rotatable bonds is 3. The van der Waals surface area contributed by atoms with Crippen molar-refractivity contribution in [2.45, 2.75) is 13.0 Å². The Morgan fingerprint density at radius 2 is 2.00 bits per heavy atom. The Balaban J connectivity index is 2.44. The summed E-state index contributed by atoms with van der Waals surface area (Å²) in [5, 5.41) is 10.2. The maximum atomic E-state index is 13.8. The molecule has 0 aliphatic carbocycles. The van der Waals surface area contributed by atoms with Crippen LogP contribution in [0.25, 0.3) is 0 Å². The van der Waals surface area contributed by atoms with Gasteiger partial charge in [0.15, 0.2) is 0 Å². The van der Waals surface area contributed by atoms with Crippen molar-refractivity contribution in [1.29, 1.82) is 0 Å². The number of aliphatic hydroxyl groups is 1. The first-order valence-electron chi connectivity index (χ1n) is 5.42. The first-order chi connectivity index (χ1) is 8.63. The summed E-state index contributed by atoms with van der Waals surface area (Å²) in [6.07, 6.45) is 1.67. The molecule has 1 aromatic heterocycles. The van der Waals surface area contributed by atoms with Crippen molar-refractivity contribution < 1.29 is 14.2 Å². The predicted molar refractivity (Wildman–Crippen MR) is 63.8 cm³/mol. The van der Waals surface area contributed by atoms with Crippen molar-refractivity contribution in [1.82, 2.24) is 9.97 Å². The minimum absolute atomic E-state index is 0.152. The van der Waals surface area contributed by atoms with Gasteiger partial charge in [0.05, 0.1) is 7.11 Å². The molecule has 1 aromatic carbocycles. The van der Waals surface area contributed by atoms with E-state index >= 15 is 0 Å². The maximum absolute atomic E-state index is 13.8. The zero-order chi connectivity index (χ0) is 13.1. The van der Waals surface area contributed by atoms with E-state index in [0.717, 1.165) is 5.56 Å². The van der Waals surface area contributed by atoms with Crippen LogP contribution in [0.3, 0.4) is 0 Å². The average Bonchev–Trinajstić information content (AvgIpc) is 2.38. The highest BCUT2D eigenvalue weighted by Gasteiger charge is 2.20. The van der Waals surface area contributed by atoms with E-state index in [0.29, 0.717) is 0 Å². The number of methoxy groups -OCH3 is 1. The molecular formula is C13H13FN2O2. The van der Waals surface area contributed by atoms with Crippen molar-refractivity contribution in [2.24, 2.45) is 0 Å². The molecule has 5 heteroatoms. The third kappa shape index (κ3) is 2.31. The van der Waals surface area contributed by atoms with Crippen LogP contribution in [0.1, 0.15) is 22.9 Å². The lowest BCUT2D eigenvalue weighted by Gasteiger charge is -2.13. The fourth-order valence-corrected chi connectivity index (χ4v) is 1.68. The molecule has 0 saturated heterocycles. The molecule has 2 rings (SSSR count). The van der Waals surface area contributed by atoms with Gasteiger partial charge in [0.25, 0.3) is 0 Å². The van der Waals surface area contributed by atoms with E-state index in [-0.39, 0.29) is 17.1 Å². The average molecular weight is 248 g/mol. The van der Waals surface area contributed by atoms with Crippen LogP contribution in [0.5, 0.6) is 5.88 Å². The second-order valence-electron chi connectivity index (χ2n) is 3.88. The molecule has 1 N–H and O–H groups in total. The zero-order valence-corrected chi connectivity index (χ0v) is 10.1. The van der Waals surface area contributed by atoms with Crippen molar-refractivity contribution in [3.05, 3.63) is 53.2 Å². The van der Waals surface area contributed by atoms with Gasteiger partial charge in [-0.1, -0.05) is 12.1 Å². The summed E-state index contributed by atoms with van der Waals surface area (Å²) in [4.78, 5) is 7.91. The molecule has 0 bridgehead atoms. The van der Waals surface area contributed by atoms with Gasteiger partial charge < -0.3 is 9.84 Å². The fourth-order valence-electron chi connectivity index (χ4n) is 1.68. The molecule has 0 amide bonds. The molecule has 2 aromatic rings. The first kappa shape index (κ1) is 12.4. The summed E-state index contributed by atoms with van der Waals surface area (Å²) < 4.78 is 18.8. The predicted octanol–water partition coefficient (Wildman–Crippen LogP) is 2.01. The number of hydrogen-bond acceptors (Lipinski definition) is 4. The van der Waals surface area contributed by atoms with E-state index in [2.05, 4.69) is 9.97 Å². The Morgan fingerprint density at radius 1 is 1.28 bits per heavy atom. The number of aliphatic hydroxyl groups excluding tert-OH is 1. The van der Waals surface area contributed by atoms with Crippen LogP contribution in [0.15, 0.2) is 30.6 Å². The van der Waals surface area contributed by atoms with E-state index in [1.54, 1.807) is 13.0 Å². The van der Waals surface area contributed by atoms with Gasteiger partial charge in [-0.2, -0.15) is 0 Å². The van der Waals surface area contributed by atoms with E-state index in [1.807, 2.05) is 0 Å². The van der Waals surface area contributed by atoms with Crippen molar-refractivity contribution >= 4 is 0 Å². The third-order valence-corrected chi connectivity index (χ3v) is 2.59. The summed E-state index contributed by atoms with van der Waals surface area (Å²) in [5.74, 6) is -0.291. The minimum atomic E-state index is -1.20. The number of ether oxygens (including phenoxy) is 1. The Morgan fingerprint density at radius 3 is 2.67 bits per heavy atom. The van der Waals surface area contributed by atoms with Gasteiger partial charge in [0.1, 0.15) is 17.6 Å². The lowest BCUT2D eigenvalue weighted by molar-refractivity contribution is 0.202. The molecule has 1 atom stereocenters. The number of nitrogens with zero attached hydrogens (tertiary/aromatic N) is 2. The van der Waals surface area contributed by atoms with E-state index in [9.17, 15) is 9.50 Å². The Kier molecular flexibility index (Phi) is 3.53. The lowest BCUT2D eigenvalue weighted by Crippen LogP contribution is -2.08. The summed E-state index contributed by atoms with van der Waals surface area (Å²) in [7, 11) is 1.42. The summed E-state index contributed by atoms with van der Waals surface area (Å²) in [5.41, 5.74) is 1.14. The second-order valence-corrected chi connectivity index (χ2v) is 3.88. The van der Waals surface area contributed by atoms with Crippen LogP contribution in [-0.4, -0.2) is 22.2 Å². The van der Waals surface area contributed by atoms with Crippen LogP contribution in [0.4, 0.5) is 4.39 Å². The molecule has 1 unspecified atom stereocenters. The number of halogens is 1. The summed E-state index contributed by atoms with van der Waals surface area (Å²) >= 11 is 0. The highest BCUT2D eigenvalue weighted by atomic mass is 19.1. The van der Waals surface area contributed by atoms with Gasteiger partial charge in [-0.3, -0.25) is 4.98 Å². The highest BCUT2D eigenvalue weighted by molar-refractivity contribution is 5.33. The summed E-state index contributed by atoms with van der Waals surface area (Å²) in [6, 6.07) is 4.62. The number of benzene rings is 1. The molecular weight excluding hydrogens is 235 g/mol. The number of hydrogen-bond donors (Lipinski definition) is 1. The topological polar surface area (TPSA) is 55.2 Å². The molecule has 0 saturated carbocycles. The number of aromatic nitrogens is 2. The molecule has 94 valence electrons. The van der Waals surface area contributed by atoms with Crippen molar-refractivity contribution in [3.63, 3.8) is 0 Å². The molecule has 0 aliphatic rings. The van der Waals surface area contributed by atoms with E-state index in [4.69, 9.17) is 4.74 Å². The zero-order valence-electron chi connectivity index (χ0n) is 10.1. The SMILES string of the molecule is COc1nccnc1C(O)c1ccc(C)cc1F. The molecule has 18 heavy (non-hydrogen) atoms. The van der Waals surface area contributed by atoms with Crippen molar-refractivity contribution in [2.75, 3.05) is 7.11 Å². The quantitative estimate of drug-likeness (QED) is 0.902. The normalized spacial score (nSPS) is 12.2. The highest BCUT2D eigenvalue weighted by Crippen LogP contribution is 2.28. The Bertz CT molecular complexity index is 560. The molecule has 4 nitrogen and oxygen atoms in total. The smallest absolute Gasteiger partial charge is 0.238 e. The fraction of sp³-hybridized carbons (Fsp3) is 0.231. The third-order valence-electron chi connectivity index (χ3n) is 2.59. The van der Waals surface area contributed by atoms with Crippen LogP contribution < -0.4 is 4.74 Å². The van der Waals surface area contributed by atoms with Crippen molar-refractivity contribution in [3.8, 4) is 5.88 Å². The lowest BCUT2D eigenvalue weighted by atomic mass is 10.0. The van der Waals surface area contributed by atoms with Crippen LogP contribution in [-0.2, 0) is 0 Å². The standard InChI is InChI=1S/C13H13FN2O2/c1-8-3-4-9(10(14)7-8)12(17)11-13(18-2)16-6-5-15-11/h3-7,12,17H,1-2H3. The van der Waals surface area contributed by atoms with Gasteiger partial charge in [0, 0.05) is 18.0 Å². The molecule has 0 spiro atoms. The van der Waals surface area contributed by atoms with Gasteiger partial charge >= 0.3 is 0 Å². The van der Waals surface area contributed by atoms with Gasteiger partial charge in [-0.25, -0.2) is 9.37 Å². The van der Waals surface area contributed by atoms with Gasteiger partial charge in [-0.15, -0.1) is 0 Å². The largest absolute Gasteiger partial charge is 0.480 e. The minimum Gasteiger partial charge on any atom is -0.480 e. The number of aryl methyl sites for hydroxylation is 1. The maximum Gasteiger partial charge on any atom is 0.238 e. The van der Waals surface area contributed by atoms with Crippen LogP contribution >= 0.6 is 0 Å². The Labute approximate surface area is 104 Å². The first-order valence-corrected chi connectivity index (χ1v) is 5.42. The monoisotopic (exact) mass is 248 g/mol. The molecule has 0 fully saturated rings. The molecule has 1 heterocycles. The van der Waals surface area contributed by atoms with Crippen LogP contribution in [0, 0.1) is 12.7 Å². The second kappa shape index (κ2) is 5.10. The van der Waals surface area contributed by atoms with Gasteiger partial charge in [0.2, 0.25) is 5.88 Å². The molecule has 0 aliphatic heterocycles. The summed E-state index contributed by atoms with van der Waals surface area (Å²) in [6.45, 7) is 1.78. The van der Waals surface area contributed by atoms with Gasteiger partial charge in [-0.05, 0) is 18.6 Å². The van der Waals surface area contributed by atoms with Crippen LogP contribution in [0.2, 0.25) is 0 Å². The Hall–Kier alpha value is -2.01. The van der Waals surface area contributed by atoms with E-state index < -0.39 is 11.9 Å². The van der Waals surface area contributed by atoms with E-state index in [1.165, 1.54) is 31.6 Å².